The molecule has 0 radical (unpaired) electrons. The number of hydrogen-bond acceptors (Lipinski definition) is 8. The molecule has 0 aromatic rings. The molecule has 0 rings (SSSR count). The summed E-state index contributed by atoms with van der Waals surface area (Å²) in [6, 6.07) is 0. The van der Waals surface area contributed by atoms with Crippen LogP contribution in [0, 0.1) is 0 Å². The Morgan fingerprint density at radius 1 is 0.812 bits per heavy atom. The van der Waals surface area contributed by atoms with Crippen molar-refractivity contribution in [1.82, 2.24) is 0 Å². The minimum atomic E-state index is -3.70. The van der Waals surface area contributed by atoms with Crippen molar-refractivity contribution in [3.63, 3.8) is 0 Å². The van der Waals surface area contributed by atoms with E-state index in [1.807, 2.05) is 0 Å². The molecule has 0 aliphatic rings. The van der Waals surface area contributed by atoms with E-state index < -0.39 is 20.2 Å². The number of nitrogens with zero attached hydrogens (tertiary/aromatic N) is 2. The SMILES string of the molecule is CC(=N/OS(C)(=O)=O)/C(C)=N/OS(C)(=O)=O. The Kier molecular flexibility index (Phi) is 4.87. The number of rotatable bonds is 5. The Balaban J connectivity index is 4.68. The van der Waals surface area contributed by atoms with E-state index >= 15 is 0 Å². The molecule has 0 aromatic heterocycles. The summed E-state index contributed by atoms with van der Waals surface area (Å²) in [6.45, 7) is 2.77. The molecule has 8 nitrogen and oxygen atoms in total. The summed E-state index contributed by atoms with van der Waals surface area (Å²) in [4.78, 5) is 0. The van der Waals surface area contributed by atoms with Gasteiger partial charge in [0.05, 0.1) is 12.5 Å². The Morgan fingerprint density at radius 2 is 1.06 bits per heavy atom. The van der Waals surface area contributed by atoms with Gasteiger partial charge in [-0.15, -0.1) is 0 Å². The van der Waals surface area contributed by atoms with Crippen LogP contribution in [-0.2, 0) is 28.8 Å². The van der Waals surface area contributed by atoms with Crippen molar-refractivity contribution in [2.45, 2.75) is 13.8 Å². The zero-order valence-electron chi connectivity index (χ0n) is 9.16. The van der Waals surface area contributed by atoms with Gasteiger partial charge < -0.3 is 0 Å². The molecule has 0 unspecified atom stereocenters. The van der Waals surface area contributed by atoms with E-state index in [0.29, 0.717) is 0 Å². The molecule has 0 saturated heterocycles. The fourth-order valence-electron chi connectivity index (χ4n) is 0.379. The first kappa shape index (κ1) is 14.8. The predicted molar refractivity (Wildman–Crippen MR) is 58.1 cm³/mol. The lowest BCUT2D eigenvalue weighted by atomic mass is 10.3. The Hall–Kier alpha value is -1.16. The summed E-state index contributed by atoms with van der Waals surface area (Å²) in [6.07, 6.45) is 1.65. The van der Waals surface area contributed by atoms with Crippen LogP contribution in [0.1, 0.15) is 13.8 Å². The second-order valence-corrected chi connectivity index (χ2v) is 6.03. The van der Waals surface area contributed by atoms with Crippen LogP contribution in [0.3, 0.4) is 0 Å². The van der Waals surface area contributed by atoms with Gasteiger partial charge in [0, 0.05) is 0 Å². The first-order valence-corrected chi connectivity index (χ1v) is 7.51. The van der Waals surface area contributed by atoms with E-state index in [-0.39, 0.29) is 11.4 Å². The van der Waals surface area contributed by atoms with Crippen LogP contribution >= 0.6 is 0 Å². The van der Waals surface area contributed by atoms with Crippen LogP contribution in [-0.4, -0.2) is 40.8 Å². The smallest absolute Gasteiger partial charge is 0.268 e. The summed E-state index contributed by atoms with van der Waals surface area (Å²) >= 11 is 0. The second kappa shape index (κ2) is 5.25. The van der Waals surface area contributed by atoms with Gasteiger partial charge in [-0.05, 0) is 13.8 Å². The first-order chi connectivity index (χ1) is 7.01. The summed E-state index contributed by atoms with van der Waals surface area (Å²) in [5.74, 6) is 0. The molecule has 94 valence electrons. The molecule has 0 atom stereocenters. The Morgan fingerprint density at radius 3 is 1.25 bits per heavy atom. The van der Waals surface area contributed by atoms with Crippen molar-refractivity contribution in [3.05, 3.63) is 0 Å². The summed E-state index contributed by atoms with van der Waals surface area (Å²) in [5.41, 5.74) is 0.156. The predicted octanol–water partition coefficient (Wildman–Crippen LogP) is -0.309. The van der Waals surface area contributed by atoms with E-state index in [2.05, 4.69) is 18.9 Å². The van der Waals surface area contributed by atoms with Crippen LogP contribution in [0.4, 0.5) is 0 Å². The molecule has 0 aromatic carbocycles. The Bertz CT molecular complexity index is 453. The second-order valence-electron chi connectivity index (χ2n) is 2.91. The first-order valence-electron chi connectivity index (χ1n) is 3.88. The normalized spacial score (nSPS) is 14.8. The van der Waals surface area contributed by atoms with Gasteiger partial charge in [-0.25, -0.2) is 0 Å². The van der Waals surface area contributed by atoms with E-state index in [9.17, 15) is 16.8 Å². The van der Waals surface area contributed by atoms with Crippen molar-refractivity contribution in [1.29, 1.82) is 0 Å². The van der Waals surface area contributed by atoms with Crippen molar-refractivity contribution in [2.24, 2.45) is 10.3 Å². The maximum absolute atomic E-state index is 10.6. The average molecular weight is 272 g/mol. The van der Waals surface area contributed by atoms with Crippen molar-refractivity contribution < 1.29 is 25.4 Å². The molecular weight excluding hydrogens is 260 g/mol. The van der Waals surface area contributed by atoms with Crippen LogP contribution in [0.25, 0.3) is 0 Å². The zero-order valence-corrected chi connectivity index (χ0v) is 10.8. The minimum absolute atomic E-state index is 0.0778. The maximum atomic E-state index is 10.6. The lowest BCUT2D eigenvalue weighted by molar-refractivity contribution is 0.338. The monoisotopic (exact) mass is 272 g/mol. The fraction of sp³-hybridized carbons (Fsp3) is 0.667. The molecule has 0 fully saturated rings. The van der Waals surface area contributed by atoms with Crippen LogP contribution in [0.15, 0.2) is 10.3 Å². The highest BCUT2D eigenvalue weighted by Crippen LogP contribution is 1.94. The van der Waals surface area contributed by atoms with Crippen molar-refractivity contribution in [2.75, 3.05) is 12.5 Å². The zero-order chi connectivity index (χ0) is 13.0. The number of hydrogen-bond donors (Lipinski definition) is 0. The molecule has 0 aliphatic carbocycles. The van der Waals surface area contributed by atoms with Gasteiger partial charge in [0.25, 0.3) is 0 Å². The van der Waals surface area contributed by atoms with Crippen molar-refractivity contribution >= 4 is 31.7 Å². The topological polar surface area (TPSA) is 111 Å². The van der Waals surface area contributed by atoms with E-state index in [4.69, 9.17) is 0 Å². The maximum Gasteiger partial charge on any atom is 0.325 e. The van der Waals surface area contributed by atoms with Gasteiger partial charge in [-0.1, -0.05) is 10.3 Å². The van der Waals surface area contributed by atoms with Crippen LogP contribution < -0.4 is 0 Å². The molecule has 0 spiro atoms. The quantitative estimate of drug-likeness (QED) is 0.501. The summed E-state index contributed by atoms with van der Waals surface area (Å²) < 4.78 is 50.6. The molecule has 16 heavy (non-hydrogen) atoms. The van der Waals surface area contributed by atoms with Crippen molar-refractivity contribution in [3.8, 4) is 0 Å². The van der Waals surface area contributed by atoms with Gasteiger partial charge in [-0.2, -0.15) is 16.8 Å². The highest BCUT2D eigenvalue weighted by Gasteiger charge is 2.05. The molecular formula is C6H12N2O6S2. The van der Waals surface area contributed by atoms with Gasteiger partial charge >= 0.3 is 20.2 Å². The largest absolute Gasteiger partial charge is 0.325 e. The average Bonchev–Trinajstić information content (AvgIpc) is 2.07. The molecule has 10 heteroatoms. The highest BCUT2D eigenvalue weighted by molar-refractivity contribution is 7.86. The van der Waals surface area contributed by atoms with Gasteiger partial charge in [0.2, 0.25) is 0 Å². The third-order valence-corrected chi connectivity index (χ3v) is 1.83. The molecule has 0 amide bonds. The third kappa shape index (κ3) is 8.17. The van der Waals surface area contributed by atoms with E-state index in [1.165, 1.54) is 13.8 Å². The van der Waals surface area contributed by atoms with E-state index in [1.54, 1.807) is 0 Å². The third-order valence-electron chi connectivity index (χ3n) is 1.14. The minimum Gasteiger partial charge on any atom is -0.268 e. The fourth-order valence-corrected chi connectivity index (χ4v) is 0.874. The molecule has 0 aliphatic heterocycles. The number of oxime groups is 2. The molecule has 0 bridgehead atoms. The molecule has 0 saturated carbocycles. The van der Waals surface area contributed by atoms with Gasteiger partial charge in [-0.3, -0.25) is 8.57 Å². The van der Waals surface area contributed by atoms with Gasteiger partial charge in [0.15, 0.2) is 0 Å². The van der Waals surface area contributed by atoms with Crippen LogP contribution in [0.2, 0.25) is 0 Å². The molecule has 0 heterocycles. The van der Waals surface area contributed by atoms with Crippen LogP contribution in [0.5, 0.6) is 0 Å². The highest BCUT2D eigenvalue weighted by atomic mass is 32.2. The summed E-state index contributed by atoms with van der Waals surface area (Å²) in [7, 11) is -7.40. The van der Waals surface area contributed by atoms with Gasteiger partial charge in [0.1, 0.15) is 11.4 Å². The summed E-state index contributed by atoms with van der Waals surface area (Å²) in [5, 5.41) is 6.44. The lowest BCUT2D eigenvalue weighted by Gasteiger charge is -1.99. The lowest BCUT2D eigenvalue weighted by Crippen LogP contribution is -2.10. The van der Waals surface area contributed by atoms with E-state index in [0.717, 1.165) is 12.5 Å². The Labute approximate surface area is 94.2 Å². The standard InChI is InChI=1S/C6H12N2O6S2/c1-5(7-13-15(3,9)10)6(2)8-14-16(4,11)12/h1-4H3/b7-5-,8-6+. The molecule has 0 N–H and O–H groups in total.